The van der Waals surface area contributed by atoms with Gasteiger partial charge in [0.1, 0.15) is 18.0 Å². The van der Waals surface area contributed by atoms with Crippen molar-refractivity contribution >= 4 is 23.4 Å². The highest BCUT2D eigenvalue weighted by Crippen LogP contribution is 2.65. The minimum Gasteiger partial charge on any atom is -0.457 e. The number of allylic oxidation sites excluding steroid dienone is 2. The Labute approximate surface area is 192 Å². The number of imide groups is 1. The quantitative estimate of drug-likeness (QED) is 0.559. The van der Waals surface area contributed by atoms with Gasteiger partial charge in [-0.05, 0) is 79.3 Å². The van der Waals surface area contributed by atoms with Crippen LogP contribution < -0.4 is 10.1 Å². The van der Waals surface area contributed by atoms with Gasteiger partial charge < -0.3 is 10.1 Å². The number of amides is 3. The van der Waals surface area contributed by atoms with E-state index in [1.807, 2.05) is 32.0 Å². The maximum absolute atomic E-state index is 13.0. The molecule has 5 aliphatic rings. The van der Waals surface area contributed by atoms with Crippen LogP contribution in [-0.4, -0.2) is 29.2 Å². The number of carbonyl (C=O) groups is 3. The topological polar surface area (TPSA) is 75.7 Å². The van der Waals surface area contributed by atoms with Gasteiger partial charge in [-0.15, -0.1) is 0 Å². The van der Waals surface area contributed by atoms with E-state index in [1.165, 1.54) is 4.90 Å². The average Bonchev–Trinajstić information content (AvgIpc) is 3.59. The smallest absolute Gasteiger partial charge is 0.244 e. The van der Waals surface area contributed by atoms with E-state index < -0.39 is 0 Å². The molecule has 0 spiro atoms. The van der Waals surface area contributed by atoms with Gasteiger partial charge in [0.15, 0.2) is 0 Å². The third-order valence-electron chi connectivity index (χ3n) is 7.82. The van der Waals surface area contributed by atoms with Crippen molar-refractivity contribution in [1.29, 1.82) is 0 Å². The van der Waals surface area contributed by atoms with Crippen LogP contribution >= 0.6 is 0 Å². The Bertz CT molecular complexity index is 1140. The Kier molecular flexibility index (Phi) is 4.47. The fraction of sp³-hybridized carbons (Fsp3) is 0.370. The summed E-state index contributed by atoms with van der Waals surface area (Å²) < 4.78 is 6.01. The van der Waals surface area contributed by atoms with Gasteiger partial charge in [-0.3, -0.25) is 19.3 Å². The normalized spacial score (nSPS) is 30.8. The summed E-state index contributed by atoms with van der Waals surface area (Å²) >= 11 is 0. The molecular weight excluding hydrogens is 416 g/mol. The molecule has 1 N–H and O–H groups in total. The fourth-order valence-electron chi connectivity index (χ4n) is 6.20. The van der Waals surface area contributed by atoms with Crippen molar-refractivity contribution in [2.24, 2.45) is 35.5 Å². The van der Waals surface area contributed by atoms with E-state index in [0.717, 1.165) is 23.3 Å². The lowest BCUT2D eigenvalue weighted by molar-refractivity contribution is -0.142. The SMILES string of the molecule is Cc1cccc(C)c1Oc1ccc(NC(=O)CN2C(=O)[C@@H]3[C@@H]4C=C[C@H]([C@H]5C[C@@H]45)[C@@H]3C2=O)cc1. The molecule has 6 heteroatoms. The molecule has 0 aromatic heterocycles. The summed E-state index contributed by atoms with van der Waals surface area (Å²) in [6.07, 6.45) is 5.40. The molecule has 7 rings (SSSR count). The largest absolute Gasteiger partial charge is 0.457 e. The minimum absolute atomic E-state index is 0.166. The summed E-state index contributed by atoms with van der Waals surface area (Å²) in [6.45, 7) is 3.76. The number of benzene rings is 2. The summed E-state index contributed by atoms with van der Waals surface area (Å²) in [4.78, 5) is 39.9. The third kappa shape index (κ3) is 3.19. The molecule has 2 aromatic carbocycles. The lowest BCUT2D eigenvalue weighted by atomic mass is 9.63. The van der Waals surface area contributed by atoms with Crippen LogP contribution in [0.3, 0.4) is 0 Å². The number of hydrogen-bond donors (Lipinski definition) is 1. The second kappa shape index (κ2) is 7.30. The van der Waals surface area contributed by atoms with Crippen molar-refractivity contribution in [3.63, 3.8) is 0 Å². The molecule has 168 valence electrons. The van der Waals surface area contributed by atoms with Gasteiger partial charge in [0.2, 0.25) is 17.7 Å². The first-order valence-corrected chi connectivity index (χ1v) is 11.6. The molecule has 3 fully saturated rings. The number of nitrogens with one attached hydrogen (secondary N) is 1. The van der Waals surface area contributed by atoms with Crippen LogP contribution in [0.1, 0.15) is 17.5 Å². The molecule has 1 heterocycles. The van der Waals surface area contributed by atoms with Crippen LogP contribution in [0.15, 0.2) is 54.6 Å². The Hall–Kier alpha value is -3.41. The number of nitrogens with zero attached hydrogens (tertiary/aromatic N) is 1. The monoisotopic (exact) mass is 442 g/mol. The van der Waals surface area contributed by atoms with Gasteiger partial charge in [-0.1, -0.05) is 30.4 Å². The molecule has 2 saturated carbocycles. The van der Waals surface area contributed by atoms with E-state index in [9.17, 15) is 14.4 Å². The van der Waals surface area contributed by atoms with Crippen LogP contribution in [0.2, 0.25) is 0 Å². The minimum atomic E-state index is -0.371. The summed E-state index contributed by atoms with van der Waals surface area (Å²) in [5, 5.41) is 2.80. The molecular formula is C27H26N2O4. The second-order valence-corrected chi connectivity index (χ2v) is 9.81. The summed E-state index contributed by atoms with van der Waals surface area (Å²) in [5.41, 5.74) is 2.69. The number of carbonyl (C=O) groups excluding carboxylic acids is 3. The first-order valence-electron chi connectivity index (χ1n) is 11.6. The lowest BCUT2D eigenvalue weighted by Crippen LogP contribution is -2.40. The van der Waals surface area contributed by atoms with Crippen molar-refractivity contribution in [1.82, 2.24) is 4.90 Å². The molecule has 3 amide bonds. The Morgan fingerprint density at radius 3 is 2.09 bits per heavy atom. The zero-order valence-electron chi connectivity index (χ0n) is 18.7. The first-order chi connectivity index (χ1) is 15.9. The number of hydrogen-bond acceptors (Lipinski definition) is 4. The molecule has 2 bridgehead atoms. The van der Waals surface area contributed by atoms with Crippen LogP contribution in [0.5, 0.6) is 11.5 Å². The maximum atomic E-state index is 13.0. The summed E-state index contributed by atoms with van der Waals surface area (Å²) in [5.74, 6) is 1.65. The molecule has 2 aromatic rings. The zero-order chi connectivity index (χ0) is 22.9. The number of rotatable bonds is 5. The van der Waals surface area contributed by atoms with Gasteiger partial charge in [-0.2, -0.15) is 0 Å². The van der Waals surface area contributed by atoms with Crippen LogP contribution in [0.25, 0.3) is 0 Å². The van der Waals surface area contributed by atoms with Crippen LogP contribution in [0, 0.1) is 49.4 Å². The molecule has 33 heavy (non-hydrogen) atoms. The Morgan fingerprint density at radius 1 is 0.939 bits per heavy atom. The summed E-state index contributed by atoms with van der Waals surface area (Å²) in [7, 11) is 0. The lowest BCUT2D eigenvalue weighted by Gasteiger charge is -2.37. The van der Waals surface area contributed by atoms with E-state index in [-0.39, 0.29) is 47.9 Å². The molecule has 1 saturated heterocycles. The number of para-hydroxylation sites is 1. The molecule has 1 aliphatic heterocycles. The van der Waals surface area contributed by atoms with Gasteiger partial charge in [0.05, 0.1) is 11.8 Å². The number of anilines is 1. The Morgan fingerprint density at radius 2 is 1.52 bits per heavy atom. The highest BCUT2D eigenvalue weighted by molar-refractivity contribution is 6.09. The number of ether oxygens (including phenoxy) is 1. The van der Waals surface area contributed by atoms with E-state index in [0.29, 0.717) is 23.3 Å². The predicted octanol–water partition coefficient (Wildman–Crippen LogP) is 4.09. The van der Waals surface area contributed by atoms with Gasteiger partial charge in [0, 0.05) is 5.69 Å². The van der Waals surface area contributed by atoms with E-state index >= 15 is 0 Å². The van der Waals surface area contributed by atoms with Crippen LogP contribution in [0.4, 0.5) is 5.69 Å². The zero-order valence-corrected chi connectivity index (χ0v) is 18.7. The van der Waals surface area contributed by atoms with Gasteiger partial charge in [0.25, 0.3) is 0 Å². The molecule has 6 atom stereocenters. The van der Waals surface area contributed by atoms with Crippen molar-refractivity contribution in [2.75, 3.05) is 11.9 Å². The number of likely N-dealkylation sites (tertiary alicyclic amines) is 1. The van der Waals surface area contributed by atoms with E-state index in [2.05, 4.69) is 17.5 Å². The molecule has 0 unspecified atom stereocenters. The van der Waals surface area contributed by atoms with Crippen molar-refractivity contribution in [2.45, 2.75) is 20.3 Å². The van der Waals surface area contributed by atoms with Crippen molar-refractivity contribution in [3.8, 4) is 11.5 Å². The van der Waals surface area contributed by atoms with Gasteiger partial charge in [-0.25, -0.2) is 0 Å². The van der Waals surface area contributed by atoms with Crippen molar-refractivity contribution in [3.05, 3.63) is 65.7 Å². The third-order valence-corrected chi connectivity index (χ3v) is 7.82. The van der Waals surface area contributed by atoms with E-state index in [4.69, 9.17) is 4.74 Å². The molecule has 4 aliphatic carbocycles. The first kappa shape index (κ1) is 20.2. The highest BCUT2D eigenvalue weighted by atomic mass is 16.5. The predicted molar refractivity (Wildman–Crippen MR) is 122 cm³/mol. The number of aryl methyl sites for hydroxylation is 2. The standard InChI is InChI=1S/C27H26N2O4/c1-14-4-3-5-15(2)25(14)33-17-8-6-16(7-9-17)28-22(30)13-29-26(31)23-18-10-11-19(21-12-20(18)21)24(23)27(29)32/h3-11,18-21,23-24H,12-13H2,1-2H3,(H,28,30)/t18-,19-,20-,21+,23+,24-/m1/s1. The second-order valence-electron chi connectivity index (χ2n) is 9.81. The summed E-state index contributed by atoms with van der Waals surface area (Å²) in [6, 6.07) is 13.1. The maximum Gasteiger partial charge on any atom is 0.244 e. The Balaban J connectivity index is 1.10. The fourth-order valence-corrected chi connectivity index (χ4v) is 6.20. The van der Waals surface area contributed by atoms with E-state index in [1.54, 1.807) is 24.3 Å². The van der Waals surface area contributed by atoms with Crippen LogP contribution in [-0.2, 0) is 14.4 Å². The van der Waals surface area contributed by atoms with Crippen molar-refractivity contribution < 1.29 is 19.1 Å². The molecule has 0 radical (unpaired) electrons. The molecule has 6 nitrogen and oxygen atoms in total. The average molecular weight is 443 g/mol. The van der Waals surface area contributed by atoms with Gasteiger partial charge >= 0.3 is 0 Å². The highest BCUT2D eigenvalue weighted by Gasteiger charge is 2.67.